The van der Waals surface area contributed by atoms with E-state index >= 15 is 0 Å². The van der Waals surface area contributed by atoms with Gasteiger partial charge in [-0.1, -0.05) is 6.07 Å². The third-order valence-electron chi connectivity index (χ3n) is 6.26. The second kappa shape index (κ2) is 7.06. The molecule has 2 aromatic rings. The zero-order valence-corrected chi connectivity index (χ0v) is 17.1. The molecule has 0 unspecified atom stereocenters. The van der Waals surface area contributed by atoms with Gasteiger partial charge in [-0.25, -0.2) is 0 Å². The molecule has 3 heterocycles. The molecule has 1 fully saturated rings. The van der Waals surface area contributed by atoms with E-state index in [1.54, 1.807) is 11.3 Å². The van der Waals surface area contributed by atoms with Crippen LogP contribution in [0.1, 0.15) is 36.8 Å². The Hall–Kier alpha value is -1.65. The van der Waals surface area contributed by atoms with Crippen LogP contribution in [0, 0.1) is 6.92 Å². The van der Waals surface area contributed by atoms with Crippen molar-refractivity contribution in [2.45, 2.75) is 43.5 Å². The highest BCUT2D eigenvalue weighted by Crippen LogP contribution is 2.51. The molecule has 0 amide bonds. The van der Waals surface area contributed by atoms with Crippen LogP contribution in [0.3, 0.4) is 0 Å². The van der Waals surface area contributed by atoms with Crippen molar-refractivity contribution in [3.8, 4) is 16.9 Å². The van der Waals surface area contributed by atoms with Crippen molar-refractivity contribution in [1.82, 2.24) is 5.32 Å². The molecule has 0 radical (unpaired) electrons. The van der Waals surface area contributed by atoms with Crippen molar-refractivity contribution in [3.05, 3.63) is 41.5 Å². The molecule has 4 heteroatoms. The van der Waals surface area contributed by atoms with E-state index in [4.69, 9.17) is 4.74 Å². The summed E-state index contributed by atoms with van der Waals surface area (Å²) in [5.41, 5.74) is 7.11. The summed E-state index contributed by atoms with van der Waals surface area (Å²) in [5.74, 6) is 2.83. The highest BCUT2D eigenvalue weighted by atomic mass is 32.2. The number of thioether (sulfide) groups is 1. The summed E-state index contributed by atoms with van der Waals surface area (Å²) >= 11 is 2.05. The molecule has 142 valence electrons. The number of anilines is 1. The lowest BCUT2D eigenvalue weighted by atomic mass is 9.88. The van der Waals surface area contributed by atoms with Crippen LogP contribution in [0.4, 0.5) is 5.69 Å². The smallest absolute Gasteiger partial charge is 0.119 e. The van der Waals surface area contributed by atoms with Gasteiger partial charge in [-0.15, -0.1) is 11.8 Å². The van der Waals surface area contributed by atoms with E-state index in [9.17, 15) is 0 Å². The first-order chi connectivity index (χ1) is 13.3. The molecule has 27 heavy (non-hydrogen) atoms. The monoisotopic (exact) mass is 380 g/mol. The third-order valence-corrected chi connectivity index (χ3v) is 7.37. The third kappa shape index (κ3) is 2.94. The molecule has 2 atom stereocenters. The van der Waals surface area contributed by atoms with Gasteiger partial charge in [-0.3, -0.25) is 0 Å². The number of rotatable bonds is 3. The fraction of sp³-hybridized carbons (Fsp3) is 0.478. The standard InChI is InChI=1S/C23H28N2OS/c1-3-26-17-5-6-18(15(2)11-17)16-12-19-20-14-24-8-7-21(20)25-9-4-10-27-22(13-16)23(19)25/h5-6,11-13,20-21,24H,3-4,7-10,14H2,1-2H3/t20-,21-/m0/s1. The fourth-order valence-electron chi connectivity index (χ4n) is 5.10. The maximum atomic E-state index is 5.69. The van der Waals surface area contributed by atoms with Crippen LogP contribution in [-0.4, -0.2) is 38.0 Å². The Labute approximate surface area is 166 Å². The molecule has 0 saturated carbocycles. The summed E-state index contributed by atoms with van der Waals surface area (Å²) in [6.45, 7) is 8.44. The summed E-state index contributed by atoms with van der Waals surface area (Å²) in [4.78, 5) is 4.23. The summed E-state index contributed by atoms with van der Waals surface area (Å²) in [7, 11) is 0. The fourth-order valence-corrected chi connectivity index (χ4v) is 6.17. The van der Waals surface area contributed by atoms with Gasteiger partial charge in [-0.2, -0.15) is 0 Å². The Bertz CT molecular complexity index is 866. The van der Waals surface area contributed by atoms with Gasteiger partial charge in [0.1, 0.15) is 5.75 Å². The number of piperidine rings is 1. The van der Waals surface area contributed by atoms with Crippen LogP contribution in [0.5, 0.6) is 5.75 Å². The Kier molecular flexibility index (Phi) is 4.57. The predicted octanol–water partition coefficient (Wildman–Crippen LogP) is 4.82. The first-order valence-electron chi connectivity index (χ1n) is 10.3. The Balaban J connectivity index is 1.62. The van der Waals surface area contributed by atoms with E-state index in [-0.39, 0.29) is 0 Å². The lowest BCUT2D eigenvalue weighted by Crippen LogP contribution is -2.44. The number of aryl methyl sites for hydroxylation is 1. The maximum Gasteiger partial charge on any atom is 0.119 e. The van der Waals surface area contributed by atoms with Crippen molar-refractivity contribution < 1.29 is 4.74 Å². The molecule has 2 aromatic carbocycles. The van der Waals surface area contributed by atoms with Crippen LogP contribution in [-0.2, 0) is 0 Å². The van der Waals surface area contributed by atoms with Gasteiger partial charge in [0, 0.05) is 29.9 Å². The van der Waals surface area contributed by atoms with Gasteiger partial charge < -0.3 is 15.0 Å². The summed E-state index contributed by atoms with van der Waals surface area (Å²) < 4.78 is 5.69. The number of fused-ring (bicyclic) bond motifs is 3. The number of hydrogen-bond acceptors (Lipinski definition) is 4. The van der Waals surface area contributed by atoms with Crippen LogP contribution >= 0.6 is 11.8 Å². The summed E-state index contributed by atoms with van der Waals surface area (Å²) in [5, 5.41) is 3.64. The van der Waals surface area contributed by atoms with Gasteiger partial charge in [-0.05, 0) is 85.5 Å². The summed E-state index contributed by atoms with van der Waals surface area (Å²) in [6, 6.07) is 12.1. The van der Waals surface area contributed by atoms with Crippen LogP contribution in [0.25, 0.3) is 11.1 Å². The molecule has 0 aromatic heterocycles. The molecule has 3 aliphatic heterocycles. The average Bonchev–Trinajstić information content (AvgIpc) is 2.84. The lowest BCUT2D eigenvalue weighted by molar-refractivity contribution is 0.340. The van der Waals surface area contributed by atoms with Crippen LogP contribution in [0.15, 0.2) is 35.2 Å². The number of nitrogens with zero attached hydrogens (tertiary/aromatic N) is 1. The van der Waals surface area contributed by atoms with E-state index in [0.29, 0.717) is 18.6 Å². The molecular weight excluding hydrogens is 352 g/mol. The van der Waals surface area contributed by atoms with Crippen molar-refractivity contribution >= 4 is 17.4 Å². The van der Waals surface area contributed by atoms with Crippen molar-refractivity contribution in [1.29, 1.82) is 0 Å². The predicted molar refractivity (Wildman–Crippen MR) is 114 cm³/mol. The second-order valence-electron chi connectivity index (χ2n) is 7.88. The Morgan fingerprint density at radius 1 is 1.26 bits per heavy atom. The zero-order chi connectivity index (χ0) is 18.4. The highest BCUT2D eigenvalue weighted by molar-refractivity contribution is 7.99. The largest absolute Gasteiger partial charge is 0.494 e. The molecule has 5 rings (SSSR count). The number of nitrogens with one attached hydrogen (secondary N) is 1. The van der Waals surface area contributed by atoms with Gasteiger partial charge in [0.2, 0.25) is 0 Å². The Morgan fingerprint density at radius 2 is 2.19 bits per heavy atom. The van der Waals surface area contributed by atoms with Crippen molar-refractivity contribution in [3.63, 3.8) is 0 Å². The zero-order valence-electron chi connectivity index (χ0n) is 16.3. The number of ether oxygens (including phenoxy) is 1. The van der Waals surface area contributed by atoms with E-state index < -0.39 is 0 Å². The molecule has 0 spiro atoms. The van der Waals surface area contributed by atoms with Gasteiger partial charge in [0.05, 0.1) is 12.3 Å². The second-order valence-corrected chi connectivity index (χ2v) is 9.02. The van der Waals surface area contributed by atoms with Crippen molar-refractivity contribution in [2.75, 3.05) is 36.9 Å². The topological polar surface area (TPSA) is 24.5 Å². The first kappa shape index (κ1) is 17.4. The molecule has 1 N–H and O–H groups in total. The molecule has 1 saturated heterocycles. The lowest BCUT2D eigenvalue weighted by Gasteiger charge is -2.33. The van der Waals surface area contributed by atoms with E-state index in [2.05, 4.69) is 59.2 Å². The highest BCUT2D eigenvalue weighted by Gasteiger charge is 2.41. The number of benzene rings is 2. The van der Waals surface area contributed by atoms with Gasteiger partial charge in [0.25, 0.3) is 0 Å². The first-order valence-corrected chi connectivity index (χ1v) is 11.3. The molecule has 3 nitrogen and oxygen atoms in total. The van der Waals surface area contributed by atoms with Crippen molar-refractivity contribution in [2.24, 2.45) is 0 Å². The average molecular weight is 381 g/mol. The van der Waals surface area contributed by atoms with E-state index in [1.807, 2.05) is 6.92 Å². The Morgan fingerprint density at radius 3 is 3.04 bits per heavy atom. The van der Waals surface area contributed by atoms with Crippen LogP contribution < -0.4 is 15.0 Å². The normalized spacial score (nSPS) is 23.6. The quantitative estimate of drug-likeness (QED) is 0.825. The van der Waals surface area contributed by atoms with Gasteiger partial charge in [0.15, 0.2) is 0 Å². The SMILES string of the molecule is CCOc1ccc(-c2cc3c4c(c2)[C@@H]2CNCC[C@@H]2N4CCCS3)c(C)c1. The minimum absolute atomic E-state index is 0.633. The minimum atomic E-state index is 0.633. The van der Waals surface area contributed by atoms with Gasteiger partial charge >= 0.3 is 0 Å². The summed E-state index contributed by atoms with van der Waals surface area (Å²) in [6.07, 6.45) is 2.55. The molecule has 0 aliphatic carbocycles. The van der Waals surface area contributed by atoms with E-state index in [0.717, 1.165) is 18.8 Å². The van der Waals surface area contributed by atoms with Crippen LogP contribution in [0.2, 0.25) is 0 Å². The molecule has 3 aliphatic rings. The molecular formula is C23H28N2OS. The maximum absolute atomic E-state index is 5.69. The minimum Gasteiger partial charge on any atom is -0.494 e. The van der Waals surface area contributed by atoms with E-state index in [1.165, 1.54) is 46.7 Å². The molecule has 0 bridgehead atoms. The number of hydrogen-bond donors (Lipinski definition) is 1.